The van der Waals surface area contributed by atoms with Gasteiger partial charge in [-0.2, -0.15) is 0 Å². The molecule has 0 unspecified atom stereocenters. The van der Waals surface area contributed by atoms with Gasteiger partial charge in [0.25, 0.3) is 0 Å². The fourth-order valence-corrected chi connectivity index (χ4v) is 4.09. The van der Waals surface area contributed by atoms with Crippen molar-refractivity contribution < 1.29 is 24.1 Å². The van der Waals surface area contributed by atoms with Crippen LogP contribution in [0.3, 0.4) is 0 Å². The van der Waals surface area contributed by atoms with Gasteiger partial charge in [0.05, 0.1) is 29.8 Å². The third kappa shape index (κ3) is 1.69. The molecule has 1 N–H and O–H groups in total. The van der Waals surface area contributed by atoms with Crippen molar-refractivity contribution in [3.8, 4) is 0 Å². The van der Waals surface area contributed by atoms with E-state index in [0.717, 1.165) is 12.8 Å². The molecule has 0 aromatic rings. The van der Waals surface area contributed by atoms with Crippen molar-refractivity contribution in [1.82, 2.24) is 0 Å². The number of aliphatic hydroxyl groups is 1. The first-order valence-corrected chi connectivity index (χ1v) is 7.58. The number of carbonyl (C=O) groups is 1. The van der Waals surface area contributed by atoms with Gasteiger partial charge in [-0.25, -0.2) is 0 Å². The van der Waals surface area contributed by atoms with Crippen LogP contribution in [0, 0.1) is 11.8 Å². The van der Waals surface area contributed by atoms with Crippen LogP contribution >= 0.6 is 0 Å². The van der Waals surface area contributed by atoms with Gasteiger partial charge in [-0.15, -0.1) is 0 Å². The Labute approximate surface area is 118 Å². The van der Waals surface area contributed by atoms with Gasteiger partial charge in [0.1, 0.15) is 11.7 Å². The highest BCUT2D eigenvalue weighted by atomic mass is 16.6. The van der Waals surface area contributed by atoms with Crippen molar-refractivity contribution in [1.29, 1.82) is 0 Å². The van der Waals surface area contributed by atoms with E-state index in [1.165, 1.54) is 0 Å². The second-order valence-corrected chi connectivity index (χ2v) is 7.33. The lowest BCUT2D eigenvalue weighted by Crippen LogP contribution is -2.36. The van der Waals surface area contributed by atoms with E-state index < -0.39 is 11.7 Å². The van der Waals surface area contributed by atoms with Crippen LogP contribution in [0.2, 0.25) is 0 Å². The second kappa shape index (κ2) is 3.76. The van der Waals surface area contributed by atoms with Gasteiger partial charge < -0.3 is 19.3 Å². The number of epoxide rings is 2. The van der Waals surface area contributed by atoms with Gasteiger partial charge in [0.2, 0.25) is 0 Å². The van der Waals surface area contributed by atoms with Crippen LogP contribution in [0.4, 0.5) is 0 Å². The maximum atomic E-state index is 11.9. The van der Waals surface area contributed by atoms with Gasteiger partial charge in [0, 0.05) is 18.8 Å². The molecule has 3 saturated heterocycles. The summed E-state index contributed by atoms with van der Waals surface area (Å²) in [4.78, 5) is 11.9. The molecule has 0 bridgehead atoms. The third-order valence-corrected chi connectivity index (χ3v) is 5.96. The Balaban J connectivity index is 1.62. The first-order chi connectivity index (χ1) is 9.33. The number of hydrogen-bond donors (Lipinski definition) is 1. The number of carbonyl (C=O) groups excluding carboxylic acids is 1. The topological polar surface area (TPSA) is 71.6 Å². The molecule has 0 radical (unpaired) electrons. The summed E-state index contributed by atoms with van der Waals surface area (Å²) in [6.45, 7) is 5.94. The molecule has 4 rings (SSSR count). The van der Waals surface area contributed by atoms with Crippen LogP contribution < -0.4 is 0 Å². The lowest BCUT2D eigenvalue weighted by Gasteiger charge is -2.23. The minimum atomic E-state index is -0.496. The Kier molecular flexibility index (Phi) is 2.45. The molecule has 0 spiro atoms. The fraction of sp³-hybridized carbons (Fsp3) is 0.933. The molecule has 8 atom stereocenters. The first kappa shape index (κ1) is 13.0. The van der Waals surface area contributed by atoms with E-state index in [0.29, 0.717) is 6.42 Å². The molecule has 4 aliphatic rings. The fourth-order valence-electron chi connectivity index (χ4n) is 4.09. The summed E-state index contributed by atoms with van der Waals surface area (Å²) < 4.78 is 17.1. The van der Waals surface area contributed by atoms with Crippen molar-refractivity contribution in [2.24, 2.45) is 11.8 Å². The van der Waals surface area contributed by atoms with E-state index in [-0.39, 0.29) is 41.7 Å². The molecular formula is C15H22O5. The van der Waals surface area contributed by atoms with Crippen LogP contribution in [0.15, 0.2) is 0 Å². The number of ether oxygens (including phenoxy) is 3. The maximum Gasteiger partial charge on any atom is 0.309 e. The molecule has 3 heterocycles. The van der Waals surface area contributed by atoms with E-state index in [4.69, 9.17) is 14.2 Å². The minimum absolute atomic E-state index is 0.0325. The third-order valence-electron chi connectivity index (χ3n) is 5.96. The second-order valence-electron chi connectivity index (χ2n) is 7.33. The van der Waals surface area contributed by atoms with Crippen molar-refractivity contribution in [3.63, 3.8) is 0 Å². The molecule has 5 nitrogen and oxygen atoms in total. The molecule has 20 heavy (non-hydrogen) atoms. The highest BCUT2D eigenvalue weighted by Gasteiger charge is 2.65. The Bertz CT molecular complexity index is 465. The minimum Gasteiger partial charge on any atom is -0.462 e. The van der Waals surface area contributed by atoms with Crippen LogP contribution in [0.25, 0.3) is 0 Å². The first-order valence-electron chi connectivity index (χ1n) is 7.58. The average molecular weight is 282 g/mol. The molecule has 0 amide bonds. The smallest absolute Gasteiger partial charge is 0.309 e. The lowest BCUT2D eigenvalue weighted by atomic mass is 9.79. The summed E-state index contributed by atoms with van der Waals surface area (Å²) in [7, 11) is 0. The highest BCUT2D eigenvalue weighted by molar-refractivity contribution is 5.74. The lowest BCUT2D eigenvalue weighted by molar-refractivity contribution is -0.144. The SMILES string of the molecule is C[C@@H]1C(=O)O[C@@H]2C[C@@]3(C)O[C@@H]3C[C@H](O)[C@@]3(C)O[C@@H]3C[C@H]12. The zero-order chi connectivity index (χ0) is 14.3. The van der Waals surface area contributed by atoms with Gasteiger partial charge in [-0.3, -0.25) is 4.79 Å². The highest BCUT2D eigenvalue weighted by Crippen LogP contribution is 2.54. The molecule has 3 aliphatic heterocycles. The number of esters is 1. The van der Waals surface area contributed by atoms with E-state index in [1.807, 2.05) is 20.8 Å². The standard InChI is InChI=1S/C15H22O5/c1-7-8-4-12-15(3,20-12)10(16)5-11-14(2,19-11)6-9(8)18-13(7)17/h7-12,16H,4-6H2,1-3H3/t7-,8+,9+,10-,11+,12+,14+,15+/m0/s1. The van der Waals surface area contributed by atoms with Crippen molar-refractivity contribution in [3.05, 3.63) is 0 Å². The Morgan fingerprint density at radius 2 is 1.95 bits per heavy atom. The van der Waals surface area contributed by atoms with E-state index in [1.54, 1.807) is 0 Å². The quantitative estimate of drug-likeness (QED) is 0.530. The molecule has 112 valence electrons. The predicted octanol–water partition coefficient (Wildman–Crippen LogP) is 1.02. The van der Waals surface area contributed by atoms with Gasteiger partial charge in [0.15, 0.2) is 0 Å². The molecule has 0 aromatic heterocycles. The van der Waals surface area contributed by atoms with E-state index in [2.05, 4.69) is 0 Å². The van der Waals surface area contributed by atoms with Crippen LogP contribution in [0.1, 0.15) is 40.0 Å². The van der Waals surface area contributed by atoms with Gasteiger partial charge in [-0.1, -0.05) is 6.92 Å². The van der Waals surface area contributed by atoms with Crippen LogP contribution in [0.5, 0.6) is 0 Å². The molecular weight excluding hydrogens is 260 g/mol. The molecule has 4 fully saturated rings. The van der Waals surface area contributed by atoms with Crippen LogP contribution in [-0.2, 0) is 19.0 Å². The van der Waals surface area contributed by atoms with E-state index >= 15 is 0 Å². The van der Waals surface area contributed by atoms with Gasteiger partial charge in [-0.05, 0) is 20.3 Å². The van der Waals surface area contributed by atoms with Gasteiger partial charge >= 0.3 is 5.97 Å². The maximum absolute atomic E-state index is 11.9. The van der Waals surface area contributed by atoms with Crippen molar-refractivity contribution in [2.45, 2.75) is 75.7 Å². The summed E-state index contributed by atoms with van der Waals surface area (Å²) in [6, 6.07) is 0. The molecule has 1 aliphatic carbocycles. The monoisotopic (exact) mass is 282 g/mol. The molecule has 1 saturated carbocycles. The van der Waals surface area contributed by atoms with E-state index in [9.17, 15) is 9.90 Å². The normalized spacial score (nSPS) is 60.9. The summed E-state index contributed by atoms with van der Waals surface area (Å²) in [5, 5.41) is 10.4. The largest absolute Gasteiger partial charge is 0.462 e. The number of aliphatic hydroxyl groups excluding tert-OH is 1. The number of rotatable bonds is 0. The summed E-state index contributed by atoms with van der Waals surface area (Å²) in [5.74, 6) is -0.0323. The Morgan fingerprint density at radius 3 is 2.70 bits per heavy atom. The Hall–Kier alpha value is -0.650. The average Bonchev–Trinajstić information content (AvgIpc) is 3.18. The summed E-state index contributed by atoms with van der Waals surface area (Å²) in [6.07, 6.45) is 1.63. The number of hydrogen-bond acceptors (Lipinski definition) is 5. The predicted molar refractivity (Wildman–Crippen MR) is 68.9 cm³/mol. The molecule has 5 heteroatoms. The molecule has 0 aromatic carbocycles. The summed E-state index contributed by atoms with van der Waals surface area (Å²) >= 11 is 0. The van der Waals surface area contributed by atoms with Crippen molar-refractivity contribution in [2.75, 3.05) is 0 Å². The summed E-state index contributed by atoms with van der Waals surface area (Å²) in [5.41, 5.74) is -0.730. The zero-order valence-corrected chi connectivity index (χ0v) is 12.2. The van der Waals surface area contributed by atoms with Crippen molar-refractivity contribution >= 4 is 5.97 Å². The number of fused-ring (bicyclic) bond motifs is 3. The Morgan fingerprint density at radius 1 is 1.20 bits per heavy atom. The zero-order valence-electron chi connectivity index (χ0n) is 12.2. The van der Waals surface area contributed by atoms with Crippen LogP contribution in [-0.4, -0.2) is 46.7 Å².